The van der Waals surface area contributed by atoms with Crippen molar-refractivity contribution < 1.29 is 27.8 Å². The van der Waals surface area contributed by atoms with Crippen LogP contribution in [0.4, 0.5) is 20.2 Å². The zero-order chi connectivity index (χ0) is 37.0. The molecular weight excluding hydrogens is 692 g/mol. The average molecular weight is 730 g/mol. The molecule has 1 saturated carbocycles. The Bertz CT molecular complexity index is 2360. The second-order valence-corrected chi connectivity index (χ2v) is 14.7. The minimum absolute atomic E-state index is 0.0157. The van der Waals surface area contributed by atoms with E-state index in [9.17, 15) is 18.4 Å². The van der Waals surface area contributed by atoms with E-state index in [-0.39, 0.29) is 41.7 Å². The fraction of sp³-hybridized carbons (Fsp3) is 0.341. The lowest BCUT2D eigenvalue weighted by Gasteiger charge is -2.32. The summed E-state index contributed by atoms with van der Waals surface area (Å²) in [5, 5.41) is 14.5. The van der Waals surface area contributed by atoms with Gasteiger partial charge in [0, 0.05) is 41.1 Å². The Morgan fingerprint density at radius 3 is 2.61 bits per heavy atom. The molecule has 54 heavy (non-hydrogen) atoms. The third kappa shape index (κ3) is 6.35. The quantitative estimate of drug-likeness (QED) is 0.165. The van der Waals surface area contributed by atoms with Crippen molar-refractivity contribution in [2.75, 3.05) is 30.3 Å². The lowest BCUT2D eigenvalue weighted by molar-refractivity contribution is -0.117. The SMILES string of the molecule is N#Cc1ccc(COc2cccc(C3CCN(Cc4nc5cc(C(=O)Nc6cc(F)c7c(c6)C6(CC6)C(=O)N7)ccc5n4C[C@@H]4CCO4)CC3)n2)c(F)c1. The van der Waals surface area contributed by atoms with Gasteiger partial charge in [0.05, 0.1) is 53.0 Å². The normalized spacial score (nSPS) is 18.9. The van der Waals surface area contributed by atoms with Gasteiger partial charge in [-0.3, -0.25) is 14.5 Å². The van der Waals surface area contributed by atoms with Crippen molar-refractivity contribution in [3.8, 4) is 11.9 Å². The number of nitrogens with one attached hydrogen (secondary N) is 2. The van der Waals surface area contributed by atoms with Crippen molar-refractivity contribution in [3.05, 3.63) is 112 Å². The Kier molecular flexibility index (Phi) is 8.59. The van der Waals surface area contributed by atoms with E-state index in [1.54, 1.807) is 36.4 Å². The largest absolute Gasteiger partial charge is 0.473 e. The maximum atomic E-state index is 15.0. The molecule has 13 heteroatoms. The number of aromatic nitrogens is 3. The molecule has 11 nitrogen and oxygen atoms in total. The van der Waals surface area contributed by atoms with Crippen LogP contribution in [0.3, 0.4) is 0 Å². The fourth-order valence-electron chi connectivity index (χ4n) is 7.85. The molecule has 2 saturated heterocycles. The maximum absolute atomic E-state index is 15.0. The third-order valence-corrected chi connectivity index (χ3v) is 11.2. The maximum Gasteiger partial charge on any atom is 0.255 e. The van der Waals surface area contributed by atoms with Gasteiger partial charge in [-0.15, -0.1) is 0 Å². The molecule has 3 aromatic carbocycles. The number of hydrogen-bond acceptors (Lipinski definition) is 8. The zero-order valence-corrected chi connectivity index (χ0v) is 29.4. The van der Waals surface area contributed by atoms with Crippen LogP contribution in [0, 0.1) is 23.0 Å². The summed E-state index contributed by atoms with van der Waals surface area (Å²) in [5.41, 5.74) is 4.02. The lowest BCUT2D eigenvalue weighted by atomic mass is 9.93. The predicted molar refractivity (Wildman–Crippen MR) is 195 cm³/mol. The number of benzene rings is 3. The molecule has 274 valence electrons. The Morgan fingerprint density at radius 1 is 1.04 bits per heavy atom. The summed E-state index contributed by atoms with van der Waals surface area (Å²) < 4.78 is 43.1. The van der Waals surface area contributed by atoms with Gasteiger partial charge in [0.25, 0.3) is 5.91 Å². The van der Waals surface area contributed by atoms with E-state index in [0.29, 0.717) is 59.7 Å². The molecular formula is C41H37F2N7O4. The van der Waals surface area contributed by atoms with Crippen LogP contribution in [0.1, 0.15) is 76.6 Å². The number of rotatable bonds is 10. The minimum Gasteiger partial charge on any atom is -0.473 e. The number of imidazole rings is 1. The van der Waals surface area contributed by atoms with Crippen molar-refractivity contribution in [2.45, 2.75) is 69.2 Å². The first kappa shape index (κ1) is 34.1. The number of carbonyl (C=O) groups is 2. The van der Waals surface area contributed by atoms with Gasteiger partial charge in [0.2, 0.25) is 11.8 Å². The second-order valence-electron chi connectivity index (χ2n) is 14.7. The highest BCUT2D eigenvalue weighted by molar-refractivity contribution is 6.10. The molecule has 0 unspecified atom stereocenters. The molecule has 2 aromatic heterocycles. The van der Waals surface area contributed by atoms with Crippen LogP contribution in [0.2, 0.25) is 0 Å². The number of pyridine rings is 1. The number of fused-ring (bicyclic) bond motifs is 3. The van der Waals surface area contributed by atoms with Crippen molar-refractivity contribution in [1.82, 2.24) is 19.4 Å². The summed E-state index contributed by atoms with van der Waals surface area (Å²) in [6.45, 7) is 3.73. The number of nitrogens with zero attached hydrogens (tertiary/aromatic N) is 5. The molecule has 9 rings (SSSR count). The third-order valence-electron chi connectivity index (χ3n) is 11.2. The Hall–Kier alpha value is -5.71. The number of ether oxygens (including phenoxy) is 2. The number of piperidine rings is 1. The van der Waals surface area contributed by atoms with E-state index < -0.39 is 17.0 Å². The van der Waals surface area contributed by atoms with Crippen LogP contribution in [0.25, 0.3) is 11.0 Å². The van der Waals surface area contributed by atoms with Crippen molar-refractivity contribution >= 4 is 34.2 Å². The lowest BCUT2D eigenvalue weighted by Crippen LogP contribution is -2.35. The summed E-state index contributed by atoms with van der Waals surface area (Å²) in [4.78, 5) is 38.0. The molecule has 3 aliphatic heterocycles. The number of amides is 2. The molecule has 3 fully saturated rings. The highest BCUT2D eigenvalue weighted by Gasteiger charge is 2.57. The standard InChI is InChI=1S/C41H37F2N7O4/c42-31-16-24(20-44)4-5-27(31)23-54-37-3-1-2-33(47-37)25-8-13-49(14-9-25)22-36-46-34-17-26(6-7-35(34)50(36)21-29-10-15-53-29)39(51)45-28-18-30-38(32(43)19-28)48-40(52)41(30)11-12-41/h1-7,16-19,25,29H,8-15,21-23H2,(H,45,51)(H,48,52)/t29-/m0/s1. The molecule has 0 radical (unpaired) electrons. The monoisotopic (exact) mass is 729 g/mol. The molecule has 1 spiro atoms. The molecule has 1 atom stereocenters. The van der Waals surface area contributed by atoms with E-state index in [4.69, 9.17) is 24.7 Å². The Labute approximate surface area is 309 Å². The molecule has 2 amide bonds. The molecule has 2 N–H and O–H groups in total. The summed E-state index contributed by atoms with van der Waals surface area (Å²) in [6.07, 6.45) is 4.21. The Balaban J connectivity index is 0.871. The number of halogens is 2. The van der Waals surface area contributed by atoms with Crippen LogP contribution >= 0.6 is 0 Å². The second kappa shape index (κ2) is 13.6. The molecule has 0 bridgehead atoms. The zero-order valence-electron chi connectivity index (χ0n) is 29.4. The van der Waals surface area contributed by atoms with Gasteiger partial charge in [0.15, 0.2) is 0 Å². The van der Waals surface area contributed by atoms with Gasteiger partial charge < -0.3 is 24.7 Å². The first-order chi connectivity index (χ1) is 26.3. The van der Waals surface area contributed by atoms with Crippen molar-refractivity contribution in [1.29, 1.82) is 5.26 Å². The molecule has 5 heterocycles. The molecule has 4 aliphatic rings. The highest BCUT2D eigenvalue weighted by atomic mass is 19.1. The predicted octanol–water partition coefficient (Wildman–Crippen LogP) is 6.56. The van der Waals surface area contributed by atoms with Crippen LogP contribution in [0.15, 0.2) is 66.7 Å². The van der Waals surface area contributed by atoms with E-state index in [1.165, 1.54) is 12.1 Å². The summed E-state index contributed by atoms with van der Waals surface area (Å²) in [7, 11) is 0. The summed E-state index contributed by atoms with van der Waals surface area (Å²) in [6, 6.07) is 20.3. The highest BCUT2D eigenvalue weighted by Crippen LogP contribution is 2.56. The van der Waals surface area contributed by atoms with E-state index in [1.807, 2.05) is 24.3 Å². The number of hydrogen-bond donors (Lipinski definition) is 2. The van der Waals surface area contributed by atoms with Crippen molar-refractivity contribution in [3.63, 3.8) is 0 Å². The Morgan fingerprint density at radius 2 is 1.87 bits per heavy atom. The summed E-state index contributed by atoms with van der Waals surface area (Å²) >= 11 is 0. The van der Waals surface area contributed by atoms with Gasteiger partial charge in [-0.2, -0.15) is 5.26 Å². The van der Waals surface area contributed by atoms with Gasteiger partial charge in [0.1, 0.15) is 24.1 Å². The van der Waals surface area contributed by atoms with Gasteiger partial charge in [-0.05, 0) is 99.3 Å². The first-order valence-electron chi connectivity index (χ1n) is 18.3. The van der Waals surface area contributed by atoms with E-state index in [2.05, 4.69) is 20.1 Å². The first-order valence-corrected chi connectivity index (χ1v) is 18.3. The van der Waals surface area contributed by atoms with Crippen LogP contribution in [0.5, 0.6) is 5.88 Å². The molecule has 5 aromatic rings. The number of likely N-dealkylation sites (tertiary alicyclic amines) is 1. The average Bonchev–Trinajstić information content (AvgIpc) is 3.84. The minimum atomic E-state index is -0.674. The molecule has 1 aliphatic carbocycles. The topological polar surface area (TPSA) is 134 Å². The number of nitriles is 1. The van der Waals surface area contributed by atoms with Crippen LogP contribution < -0.4 is 15.4 Å². The van der Waals surface area contributed by atoms with Crippen LogP contribution in [-0.2, 0) is 34.6 Å². The smallest absolute Gasteiger partial charge is 0.255 e. The summed E-state index contributed by atoms with van der Waals surface area (Å²) in [5.74, 6) is -0.0441. The van der Waals surface area contributed by atoms with E-state index >= 15 is 0 Å². The fourth-order valence-corrected chi connectivity index (χ4v) is 7.85. The van der Waals surface area contributed by atoms with Gasteiger partial charge >= 0.3 is 0 Å². The van der Waals surface area contributed by atoms with Crippen LogP contribution in [-0.4, -0.2) is 57.0 Å². The number of anilines is 2. The van der Waals surface area contributed by atoms with Crippen molar-refractivity contribution in [2.24, 2.45) is 0 Å². The van der Waals surface area contributed by atoms with E-state index in [0.717, 1.165) is 56.0 Å². The number of carbonyl (C=O) groups excluding carboxylic acids is 2. The van der Waals surface area contributed by atoms with Gasteiger partial charge in [-0.1, -0.05) is 12.1 Å². The van der Waals surface area contributed by atoms with Gasteiger partial charge in [-0.25, -0.2) is 18.7 Å².